The Morgan fingerprint density at radius 2 is 1.02 bits per heavy atom. The Morgan fingerprint density at radius 3 is 1.59 bits per heavy atom. The Labute approximate surface area is 293 Å². The summed E-state index contributed by atoms with van der Waals surface area (Å²) >= 11 is 0. The van der Waals surface area contributed by atoms with E-state index in [1.807, 2.05) is 0 Å². The third-order valence-electron chi connectivity index (χ3n) is 10.3. The van der Waals surface area contributed by atoms with E-state index in [1.165, 1.54) is 93.7 Å². The second kappa shape index (κ2) is 16.7. The molecule has 3 aliphatic carbocycles. The van der Waals surface area contributed by atoms with E-state index in [0.717, 1.165) is 24.0 Å². The van der Waals surface area contributed by atoms with Crippen LogP contribution in [-0.2, 0) is 27.1 Å². The van der Waals surface area contributed by atoms with Crippen LogP contribution in [0.25, 0.3) is 11.1 Å². The Balaban J connectivity index is 0.00000176. The smallest absolute Gasteiger partial charge is 1.00 e. The summed E-state index contributed by atoms with van der Waals surface area (Å²) in [6, 6.07) is 25.8. The molecule has 0 aromatic heterocycles. The van der Waals surface area contributed by atoms with Crippen molar-refractivity contribution < 1.29 is 51.6 Å². The average molecular weight is 663 g/mol. The molecule has 44 heavy (non-hydrogen) atoms. The Hall–Kier alpha value is -1.77. The molecule has 3 aromatic carbocycles. The van der Waals surface area contributed by atoms with Crippen LogP contribution in [0.1, 0.15) is 126 Å². The second-order valence-corrected chi connectivity index (χ2v) is 13.3. The van der Waals surface area contributed by atoms with E-state index in [9.17, 15) is 5.11 Å². The van der Waals surface area contributed by atoms with Crippen molar-refractivity contribution in [1.82, 2.24) is 0 Å². The Kier molecular flexibility index (Phi) is 13.9. The van der Waals surface area contributed by atoms with Crippen LogP contribution in [0.5, 0.6) is 5.75 Å². The van der Waals surface area contributed by atoms with E-state index in [-0.39, 0.29) is 63.6 Å². The molecular weight excluding hydrogens is 615 g/mol. The first-order valence-corrected chi connectivity index (χ1v) is 16.5. The minimum absolute atomic E-state index is 0. The third kappa shape index (κ3) is 7.61. The van der Waals surface area contributed by atoms with E-state index >= 15 is 0 Å². The van der Waals surface area contributed by atoms with Gasteiger partial charge in [-0.1, -0.05) is 136 Å². The summed E-state index contributed by atoms with van der Waals surface area (Å²) in [7, 11) is 0. The van der Waals surface area contributed by atoms with Crippen LogP contribution in [-0.4, -0.2) is 0 Å². The van der Waals surface area contributed by atoms with Gasteiger partial charge in [-0.2, -0.15) is 0 Å². The van der Waals surface area contributed by atoms with E-state index in [1.54, 1.807) is 22.3 Å². The van der Waals surface area contributed by atoms with Gasteiger partial charge in [0.05, 0.1) is 0 Å². The second-order valence-electron chi connectivity index (χ2n) is 13.3. The first kappa shape index (κ1) is 36.7. The van der Waals surface area contributed by atoms with Crippen molar-refractivity contribution in [3.63, 3.8) is 0 Å². The molecule has 3 aliphatic rings. The molecule has 0 spiro atoms. The van der Waals surface area contributed by atoms with Gasteiger partial charge in [-0.15, -0.1) is 5.75 Å². The molecule has 231 valence electrons. The fourth-order valence-electron chi connectivity index (χ4n) is 7.97. The van der Waals surface area contributed by atoms with Gasteiger partial charge in [0.1, 0.15) is 0 Å². The predicted molar refractivity (Wildman–Crippen MR) is 171 cm³/mol. The molecule has 0 N–H and O–H groups in total. The van der Waals surface area contributed by atoms with Gasteiger partial charge in [-0.05, 0) is 90.3 Å². The van der Waals surface area contributed by atoms with Gasteiger partial charge in [0, 0.05) is 11.3 Å². The zero-order valence-corrected chi connectivity index (χ0v) is 29.6. The van der Waals surface area contributed by atoms with Crippen LogP contribution in [0.15, 0.2) is 95.1 Å². The quantitative estimate of drug-likeness (QED) is 0.364. The summed E-state index contributed by atoms with van der Waals surface area (Å²) in [5.74, 6) is 0.436. The van der Waals surface area contributed by atoms with Gasteiger partial charge in [0.15, 0.2) is 0 Å². The van der Waals surface area contributed by atoms with Crippen LogP contribution in [0.2, 0.25) is 0 Å². The number of hydrogen-bond acceptors (Lipinski definition) is 1. The monoisotopic (exact) mass is 661 g/mol. The molecule has 1 unspecified atom stereocenters. The maximum atomic E-state index is 14.8. The molecule has 0 bridgehead atoms. The Morgan fingerprint density at radius 1 is 0.568 bits per heavy atom. The zero-order valence-electron chi connectivity index (χ0n) is 26.6. The molecule has 1 nitrogen and oxygen atoms in total. The molecule has 0 fully saturated rings. The van der Waals surface area contributed by atoms with Gasteiger partial charge in [0.25, 0.3) is 0 Å². The minimum atomic E-state index is -0.385. The summed E-state index contributed by atoms with van der Waals surface area (Å²) in [6.45, 7) is 4.47. The average Bonchev–Trinajstić information content (AvgIpc) is 3.30. The topological polar surface area (TPSA) is 23.1 Å². The van der Waals surface area contributed by atoms with Crippen LogP contribution in [0.3, 0.4) is 0 Å². The van der Waals surface area contributed by atoms with Crippen molar-refractivity contribution in [3.05, 3.63) is 112 Å². The van der Waals surface area contributed by atoms with E-state index in [4.69, 9.17) is 0 Å². The summed E-state index contributed by atoms with van der Waals surface area (Å²) in [5, 5.41) is 14.8. The minimum Gasteiger partial charge on any atom is -1.00 e. The summed E-state index contributed by atoms with van der Waals surface area (Å²) in [4.78, 5) is 0. The van der Waals surface area contributed by atoms with Crippen molar-refractivity contribution in [2.45, 2.75) is 115 Å². The molecule has 0 heterocycles. The molecule has 0 amide bonds. The van der Waals surface area contributed by atoms with Gasteiger partial charge in [0.2, 0.25) is 0 Å². The van der Waals surface area contributed by atoms with Crippen LogP contribution in [0.4, 0.5) is 0 Å². The SMILES string of the molecule is CC(C)(c1ccccc1)c1cc(-c2ccccc2)cc(C2C3=C(CCCCCCCCCC3)C3=C2CCCC3)c1[O-].[Cl-].[Cl-].[Ti+3]. The molecule has 4 heteroatoms. The standard InChI is InChI=1S/C40H48O.2ClH.Ti/c1-40(2,31-21-13-10-14-22-31)37-28-30(29-19-11-9-12-20-29)27-36(39(37)41)38-34-25-16-8-6-4-3-5-7-15-23-32(34)33-24-17-18-26-35(33)38;;;/h9-14,19-22,27-28,38,41H,3-8,15-18,23-26H2,1-2H3;2*1H;/q;;;+3/p-3. The summed E-state index contributed by atoms with van der Waals surface area (Å²) in [6.07, 6.45) is 18.0. The van der Waals surface area contributed by atoms with Crippen molar-refractivity contribution in [2.24, 2.45) is 0 Å². The van der Waals surface area contributed by atoms with Gasteiger partial charge in [-0.25, -0.2) is 0 Å². The van der Waals surface area contributed by atoms with Gasteiger partial charge >= 0.3 is 21.7 Å². The maximum Gasteiger partial charge on any atom is 3.00 e. The van der Waals surface area contributed by atoms with Crippen molar-refractivity contribution in [3.8, 4) is 16.9 Å². The van der Waals surface area contributed by atoms with Crippen LogP contribution in [0, 0.1) is 0 Å². The van der Waals surface area contributed by atoms with Crippen LogP contribution < -0.4 is 29.9 Å². The molecule has 0 aliphatic heterocycles. The van der Waals surface area contributed by atoms with E-state index in [0.29, 0.717) is 0 Å². The van der Waals surface area contributed by atoms with E-state index < -0.39 is 0 Å². The molecular formula is C40H47Cl2OTi. The number of halogens is 2. The molecule has 6 rings (SSSR count). The molecule has 1 atom stereocenters. The van der Waals surface area contributed by atoms with Crippen molar-refractivity contribution in [2.75, 3.05) is 0 Å². The van der Waals surface area contributed by atoms with Crippen molar-refractivity contribution >= 4 is 0 Å². The molecule has 3 aromatic rings. The first-order chi connectivity index (χ1) is 20.1. The van der Waals surface area contributed by atoms with Crippen molar-refractivity contribution in [1.29, 1.82) is 0 Å². The number of benzene rings is 3. The van der Waals surface area contributed by atoms with E-state index in [2.05, 4.69) is 86.6 Å². The number of rotatable bonds is 4. The maximum absolute atomic E-state index is 14.8. The van der Waals surface area contributed by atoms with Crippen LogP contribution >= 0.6 is 0 Å². The third-order valence-corrected chi connectivity index (χ3v) is 10.3. The fourth-order valence-corrected chi connectivity index (χ4v) is 7.97. The first-order valence-electron chi connectivity index (χ1n) is 16.5. The number of fused-ring (bicyclic) bond motifs is 1. The Bertz CT molecular complexity index is 1420. The predicted octanol–water partition coefficient (Wildman–Crippen LogP) is 4.94. The zero-order chi connectivity index (χ0) is 28.2. The summed E-state index contributed by atoms with van der Waals surface area (Å²) in [5.41, 5.74) is 11.7. The largest absolute Gasteiger partial charge is 3.00 e. The molecule has 1 radical (unpaired) electrons. The summed E-state index contributed by atoms with van der Waals surface area (Å²) < 4.78 is 0. The molecule has 0 saturated carbocycles. The van der Waals surface area contributed by atoms with Gasteiger partial charge < -0.3 is 29.9 Å². The fraction of sp³-hybridized carbons (Fsp3) is 0.450. The normalized spacial score (nSPS) is 19.3. The number of allylic oxidation sites excluding steroid dienone is 4. The number of hydrogen-bond donors (Lipinski definition) is 0. The molecule has 0 saturated heterocycles. The van der Waals surface area contributed by atoms with Gasteiger partial charge in [-0.3, -0.25) is 0 Å².